The van der Waals surface area contributed by atoms with Crippen molar-refractivity contribution in [3.63, 3.8) is 0 Å². The Hall–Kier alpha value is -2.27. The molecule has 128 valence electrons. The van der Waals surface area contributed by atoms with Gasteiger partial charge in [-0.05, 0) is 44.9 Å². The molecule has 1 unspecified atom stereocenters. The number of rotatable bonds is 6. The SMILES string of the molecule is CCN1SC(COc2cccc(F)c2C#N)(C(=O)NC(C)C)C1=O. The first kappa shape index (κ1) is 18.1. The molecule has 1 aliphatic heterocycles. The number of hydrogen-bond donors (Lipinski definition) is 1. The van der Waals surface area contributed by atoms with Crippen molar-refractivity contribution in [1.82, 2.24) is 9.62 Å². The second-order valence-electron chi connectivity index (χ2n) is 5.56. The Morgan fingerprint density at radius 2 is 2.25 bits per heavy atom. The van der Waals surface area contributed by atoms with Crippen molar-refractivity contribution in [1.29, 1.82) is 5.26 Å². The Morgan fingerprint density at radius 3 is 2.79 bits per heavy atom. The molecule has 0 radical (unpaired) electrons. The van der Waals surface area contributed by atoms with Crippen LogP contribution in [-0.2, 0) is 9.59 Å². The van der Waals surface area contributed by atoms with Gasteiger partial charge in [0.1, 0.15) is 29.8 Å². The average molecular weight is 351 g/mol. The van der Waals surface area contributed by atoms with Crippen molar-refractivity contribution in [2.45, 2.75) is 31.6 Å². The minimum atomic E-state index is -1.42. The van der Waals surface area contributed by atoms with E-state index in [9.17, 15) is 14.0 Å². The minimum absolute atomic E-state index is 0.0116. The summed E-state index contributed by atoms with van der Waals surface area (Å²) < 4.78 is 19.2. The Kier molecular flexibility index (Phi) is 5.34. The molecule has 2 rings (SSSR count). The molecule has 1 N–H and O–H groups in total. The summed E-state index contributed by atoms with van der Waals surface area (Å²) in [6.07, 6.45) is 0. The fourth-order valence-electron chi connectivity index (χ4n) is 2.22. The van der Waals surface area contributed by atoms with E-state index in [4.69, 9.17) is 10.00 Å². The van der Waals surface area contributed by atoms with Gasteiger partial charge in [0.2, 0.25) is 4.75 Å². The molecule has 0 aliphatic carbocycles. The van der Waals surface area contributed by atoms with E-state index < -0.39 is 16.5 Å². The number of nitriles is 1. The number of hydrogen-bond acceptors (Lipinski definition) is 5. The van der Waals surface area contributed by atoms with Gasteiger partial charge < -0.3 is 10.1 Å². The van der Waals surface area contributed by atoms with E-state index in [-0.39, 0.29) is 29.9 Å². The van der Waals surface area contributed by atoms with Crippen LogP contribution in [0.2, 0.25) is 0 Å². The Balaban J connectivity index is 2.22. The zero-order valence-electron chi connectivity index (χ0n) is 13.6. The van der Waals surface area contributed by atoms with E-state index in [0.717, 1.165) is 18.0 Å². The lowest BCUT2D eigenvalue weighted by Crippen LogP contribution is -2.67. The van der Waals surface area contributed by atoms with Gasteiger partial charge in [-0.3, -0.25) is 13.9 Å². The van der Waals surface area contributed by atoms with Crippen LogP contribution in [0.1, 0.15) is 26.3 Å². The summed E-state index contributed by atoms with van der Waals surface area (Å²) in [4.78, 5) is 24.9. The average Bonchev–Trinajstić information content (AvgIpc) is 2.53. The molecule has 24 heavy (non-hydrogen) atoms. The third-order valence-corrected chi connectivity index (χ3v) is 4.86. The van der Waals surface area contributed by atoms with Gasteiger partial charge in [-0.1, -0.05) is 6.07 Å². The van der Waals surface area contributed by atoms with E-state index in [1.807, 2.05) is 0 Å². The first-order chi connectivity index (χ1) is 11.4. The fourth-order valence-corrected chi connectivity index (χ4v) is 3.28. The number of benzene rings is 1. The topological polar surface area (TPSA) is 82.4 Å². The van der Waals surface area contributed by atoms with Crippen LogP contribution in [-0.4, -0.2) is 40.1 Å². The predicted molar refractivity (Wildman–Crippen MR) is 87.6 cm³/mol. The van der Waals surface area contributed by atoms with Crippen molar-refractivity contribution in [2.75, 3.05) is 13.2 Å². The highest BCUT2D eigenvalue weighted by atomic mass is 32.2. The number of carbonyl (C=O) groups is 2. The third-order valence-electron chi connectivity index (χ3n) is 3.43. The number of nitrogens with one attached hydrogen (secondary N) is 1. The van der Waals surface area contributed by atoms with Gasteiger partial charge in [0.05, 0.1) is 0 Å². The molecular weight excluding hydrogens is 333 g/mol. The maximum Gasteiger partial charge on any atom is 0.263 e. The van der Waals surface area contributed by atoms with E-state index in [1.54, 1.807) is 26.8 Å². The molecule has 1 aromatic rings. The molecule has 1 aliphatic rings. The zero-order chi connectivity index (χ0) is 17.9. The van der Waals surface area contributed by atoms with Gasteiger partial charge in [-0.2, -0.15) is 5.26 Å². The van der Waals surface area contributed by atoms with E-state index in [1.165, 1.54) is 16.4 Å². The van der Waals surface area contributed by atoms with Crippen molar-refractivity contribution < 1.29 is 18.7 Å². The number of halogens is 1. The molecule has 2 amide bonds. The quantitative estimate of drug-likeness (QED) is 0.625. The molecule has 0 spiro atoms. The number of amides is 2. The summed E-state index contributed by atoms with van der Waals surface area (Å²) >= 11 is 1.09. The maximum absolute atomic E-state index is 13.6. The summed E-state index contributed by atoms with van der Waals surface area (Å²) in [5.41, 5.74) is -0.249. The lowest BCUT2D eigenvalue weighted by Gasteiger charge is -2.45. The predicted octanol–water partition coefficient (Wildman–Crippen LogP) is 1.85. The van der Waals surface area contributed by atoms with Crippen molar-refractivity contribution in [2.24, 2.45) is 0 Å². The molecular formula is C16H18FN3O3S. The molecule has 1 aromatic carbocycles. The van der Waals surface area contributed by atoms with Crippen LogP contribution < -0.4 is 10.1 Å². The van der Waals surface area contributed by atoms with Crippen LogP contribution >= 0.6 is 11.9 Å². The first-order valence-corrected chi connectivity index (χ1v) is 8.26. The highest BCUT2D eigenvalue weighted by molar-refractivity contribution is 8.03. The zero-order valence-corrected chi connectivity index (χ0v) is 14.4. The van der Waals surface area contributed by atoms with Gasteiger partial charge in [-0.15, -0.1) is 0 Å². The fraction of sp³-hybridized carbons (Fsp3) is 0.438. The van der Waals surface area contributed by atoms with Gasteiger partial charge in [0.25, 0.3) is 11.8 Å². The molecule has 0 aromatic heterocycles. The summed E-state index contributed by atoms with van der Waals surface area (Å²) in [7, 11) is 0. The number of ether oxygens (including phenoxy) is 1. The van der Waals surface area contributed by atoms with Crippen LogP contribution in [0.3, 0.4) is 0 Å². The Bertz CT molecular complexity index is 704. The van der Waals surface area contributed by atoms with Gasteiger partial charge in [0, 0.05) is 12.6 Å². The second-order valence-corrected chi connectivity index (χ2v) is 6.88. The molecule has 1 atom stereocenters. The third kappa shape index (κ3) is 3.17. The Morgan fingerprint density at radius 1 is 1.54 bits per heavy atom. The molecule has 1 fully saturated rings. The maximum atomic E-state index is 13.6. The van der Waals surface area contributed by atoms with E-state index >= 15 is 0 Å². The van der Waals surface area contributed by atoms with Crippen LogP contribution in [0.15, 0.2) is 18.2 Å². The van der Waals surface area contributed by atoms with Gasteiger partial charge >= 0.3 is 0 Å². The highest BCUT2D eigenvalue weighted by Gasteiger charge is 2.60. The normalized spacial score (nSPS) is 19.7. The van der Waals surface area contributed by atoms with Crippen molar-refractivity contribution in [3.05, 3.63) is 29.6 Å². The van der Waals surface area contributed by atoms with E-state index in [0.29, 0.717) is 6.54 Å². The standard InChI is InChI=1S/C16H18FN3O3S/c1-4-20-15(22)16(24-20,14(21)19-10(2)3)9-23-13-7-5-6-12(17)11(13)8-18/h5-7,10H,4,9H2,1-3H3,(H,19,21). The van der Waals surface area contributed by atoms with Crippen LogP contribution in [0, 0.1) is 17.1 Å². The van der Waals surface area contributed by atoms with Crippen LogP contribution in [0.25, 0.3) is 0 Å². The number of nitrogens with zero attached hydrogens (tertiary/aromatic N) is 2. The van der Waals surface area contributed by atoms with Crippen molar-refractivity contribution >= 4 is 23.8 Å². The lowest BCUT2D eigenvalue weighted by molar-refractivity contribution is -0.140. The molecule has 0 saturated carbocycles. The molecule has 1 saturated heterocycles. The number of carbonyl (C=O) groups excluding carboxylic acids is 2. The molecule has 6 nitrogen and oxygen atoms in total. The monoisotopic (exact) mass is 351 g/mol. The summed E-state index contributed by atoms with van der Waals surface area (Å²) in [6.45, 7) is 5.57. The van der Waals surface area contributed by atoms with Gasteiger partial charge in [-0.25, -0.2) is 4.39 Å². The van der Waals surface area contributed by atoms with Crippen LogP contribution in [0.4, 0.5) is 4.39 Å². The lowest BCUT2D eigenvalue weighted by atomic mass is 10.1. The van der Waals surface area contributed by atoms with Gasteiger partial charge in [0.15, 0.2) is 0 Å². The first-order valence-electron chi connectivity index (χ1n) is 7.49. The molecule has 1 heterocycles. The largest absolute Gasteiger partial charge is 0.489 e. The highest BCUT2D eigenvalue weighted by Crippen LogP contribution is 2.43. The molecule has 0 bridgehead atoms. The van der Waals surface area contributed by atoms with Crippen LogP contribution in [0.5, 0.6) is 5.75 Å². The summed E-state index contributed by atoms with van der Waals surface area (Å²) in [6, 6.07) is 5.57. The second kappa shape index (κ2) is 7.09. The van der Waals surface area contributed by atoms with Crippen molar-refractivity contribution in [3.8, 4) is 11.8 Å². The Labute approximate surface area is 144 Å². The van der Waals surface area contributed by atoms with E-state index in [2.05, 4.69) is 5.32 Å². The summed E-state index contributed by atoms with van der Waals surface area (Å²) in [5.74, 6) is -1.51. The molecule has 8 heteroatoms. The summed E-state index contributed by atoms with van der Waals surface area (Å²) in [5, 5.41) is 11.7. The smallest absolute Gasteiger partial charge is 0.263 e. The minimum Gasteiger partial charge on any atom is -0.489 e.